The first-order valence-corrected chi connectivity index (χ1v) is 9.83. The Bertz CT molecular complexity index is 1130. The summed E-state index contributed by atoms with van der Waals surface area (Å²) in [5, 5.41) is 6.83. The molecule has 1 unspecified atom stereocenters. The number of rotatable bonds is 4. The summed E-state index contributed by atoms with van der Waals surface area (Å²) in [6.07, 6.45) is 3.63. The number of anilines is 1. The van der Waals surface area contributed by atoms with Gasteiger partial charge in [0, 0.05) is 13.2 Å². The SMILES string of the molecule is CN1C(=O)[C@@H](NC(=O)c2nn(Cc3ccccc3)cc2F)[C@H]2CC2c2cccnc21. The van der Waals surface area contributed by atoms with Crippen LogP contribution >= 0.6 is 0 Å². The van der Waals surface area contributed by atoms with Crippen molar-refractivity contribution < 1.29 is 14.0 Å². The van der Waals surface area contributed by atoms with Gasteiger partial charge >= 0.3 is 0 Å². The lowest BCUT2D eigenvalue weighted by molar-refractivity contribution is -0.120. The zero-order chi connectivity index (χ0) is 20.8. The lowest BCUT2D eigenvalue weighted by atomic mass is 10.1. The Morgan fingerprint density at radius 2 is 2.03 bits per heavy atom. The molecule has 3 heterocycles. The van der Waals surface area contributed by atoms with E-state index >= 15 is 0 Å². The molecule has 2 aromatic heterocycles. The predicted molar refractivity (Wildman–Crippen MR) is 107 cm³/mol. The molecule has 0 saturated heterocycles. The summed E-state index contributed by atoms with van der Waals surface area (Å²) in [4.78, 5) is 31.6. The highest BCUT2D eigenvalue weighted by molar-refractivity contribution is 6.02. The number of pyridine rings is 1. The molecule has 1 fully saturated rings. The molecule has 0 radical (unpaired) electrons. The highest BCUT2D eigenvalue weighted by Gasteiger charge is 2.52. The van der Waals surface area contributed by atoms with Crippen molar-refractivity contribution in [3.8, 4) is 0 Å². The summed E-state index contributed by atoms with van der Waals surface area (Å²) in [5.41, 5.74) is 1.64. The van der Waals surface area contributed by atoms with Crippen LogP contribution < -0.4 is 10.2 Å². The highest BCUT2D eigenvalue weighted by atomic mass is 19.1. The number of hydrogen-bond donors (Lipinski definition) is 1. The standard InChI is InChI=1S/C22H20FN5O2/c1-27-20-14(8-5-9-24-20)15-10-16(15)18(22(27)30)25-21(29)19-17(23)12-28(26-19)11-13-6-3-2-4-7-13/h2-9,12,15-16,18H,10-11H2,1H3,(H,25,29)/t15?,16-,18-/m0/s1. The number of fused-ring (bicyclic) bond motifs is 3. The van der Waals surface area contributed by atoms with Gasteiger partial charge in [-0.2, -0.15) is 5.10 Å². The summed E-state index contributed by atoms with van der Waals surface area (Å²) in [7, 11) is 1.65. The zero-order valence-corrected chi connectivity index (χ0v) is 16.3. The van der Waals surface area contributed by atoms with Gasteiger partial charge in [-0.05, 0) is 35.4 Å². The molecule has 8 heteroatoms. The van der Waals surface area contributed by atoms with Crippen LogP contribution in [0.3, 0.4) is 0 Å². The number of hydrogen-bond acceptors (Lipinski definition) is 4. The number of carbonyl (C=O) groups is 2. The van der Waals surface area contributed by atoms with Crippen LogP contribution in [0.2, 0.25) is 0 Å². The second-order valence-corrected chi connectivity index (χ2v) is 7.78. The minimum Gasteiger partial charge on any atom is -0.338 e. The molecule has 2 aliphatic rings. The first-order valence-electron chi connectivity index (χ1n) is 9.83. The van der Waals surface area contributed by atoms with E-state index in [9.17, 15) is 14.0 Å². The van der Waals surface area contributed by atoms with E-state index in [2.05, 4.69) is 15.4 Å². The number of nitrogens with one attached hydrogen (secondary N) is 1. The van der Waals surface area contributed by atoms with Crippen LogP contribution in [0.4, 0.5) is 10.2 Å². The van der Waals surface area contributed by atoms with E-state index in [0.29, 0.717) is 12.4 Å². The third-order valence-corrected chi connectivity index (χ3v) is 5.80. The summed E-state index contributed by atoms with van der Waals surface area (Å²) in [5.74, 6) is -0.898. The van der Waals surface area contributed by atoms with Crippen molar-refractivity contribution in [2.75, 3.05) is 11.9 Å². The fourth-order valence-electron chi connectivity index (χ4n) is 4.20. The molecule has 1 saturated carbocycles. The van der Waals surface area contributed by atoms with E-state index in [4.69, 9.17) is 0 Å². The second kappa shape index (κ2) is 7.05. The lowest BCUT2D eigenvalue weighted by Crippen LogP contribution is -2.48. The van der Waals surface area contributed by atoms with Crippen molar-refractivity contribution in [3.05, 3.63) is 77.5 Å². The molecule has 3 aromatic rings. The molecule has 3 atom stereocenters. The van der Waals surface area contributed by atoms with Gasteiger partial charge < -0.3 is 5.32 Å². The predicted octanol–water partition coefficient (Wildman–Crippen LogP) is 2.34. The Kier molecular flexibility index (Phi) is 4.34. The van der Waals surface area contributed by atoms with Gasteiger partial charge in [-0.3, -0.25) is 19.2 Å². The first kappa shape index (κ1) is 18.5. The van der Waals surface area contributed by atoms with Crippen molar-refractivity contribution in [3.63, 3.8) is 0 Å². The van der Waals surface area contributed by atoms with E-state index in [1.807, 2.05) is 42.5 Å². The minimum absolute atomic E-state index is 0.0242. The number of carbonyl (C=O) groups excluding carboxylic acids is 2. The zero-order valence-electron chi connectivity index (χ0n) is 16.3. The molecule has 1 aliphatic heterocycles. The summed E-state index contributed by atoms with van der Waals surface area (Å²) in [6.45, 7) is 0.349. The van der Waals surface area contributed by atoms with Gasteiger partial charge in [-0.25, -0.2) is 9.37 Å². The smallest absolute Gasteiger partial charge is 0.275 e. The van der Waals surface area contributed by atoms with Gasteiger partial charge in [0.15, 0.2) is 11.5 Å². The third kappa shape index (κ3) is 3.14. The molecule has 5 rings (SSSR count). The Morgan fingerprint density at radius 1 is 1.23 bits per heavy atom. The van der Waals surface area contributed by atoms with Crippen LogP contribution in [0.25, 0.3) is 0 Å². The number of benzene rings is 1. The quantitative estimate of drug-likeness (QED) is 0.723. The maximum absolute atomic E-state index is 14.4. The fourth-order valence-corrected chi connectivity index (χ4v) is 4.20. The Morgan fingerprint density at radius 3 is 2.83 bits per heavy atom. The van der Waals surface area contributed by atoms with Crippen molar-refractivity contribution in [1.82, 2.24) is 20.1 Å². The average molecular weight is 405 g/mol. The largest absolute Gasteiger partial charge is 0.338 e. The van der Waals surface area contributed by atoms with Crippen molar-refractivity contribution in [1.29, 1.82) is 0 Å². The maximum Gasteiger partial charge on any atom is 0.275 e. The van der Waals surface area contributed by atoms with Crippen LogP contribution in [-0.2, 0) is 11.3 Å². The van der Waals surface area contributed by atoms with Crippen molar-refractivity contribution in [2.45, 2.75) is 24.9 Å². The highest BCUT2D eigenvalue weighted by Crippen LogP contribution is 2.53. The summed E-state index contributed by atoms with van der Waals surface area (Å²) < 4.78 is 15.8. The number of amides is 2. The molecular formula is C22H20FN5O2. The number of aromatic nitrogens is 3. The Balaban J connectivity index is 1.36. The van der Waals surface area contributed by atoms with Gasteiger partial charge in [0.2, 0.25) is 0 Å². The van der Waals surface area contributed by atoms with Crippen molar-refractivity contribution >= 4 is 17.6 Å². The van der Waals surface area contributed by atoms with E-state index in [-0.39, 0.29) is 23.4 Å². The van der Waals surface area contributed by atoms with Crippen LogP contribution in [-0.4, -0.2) is 39.7 Å². The molecule has 152 valence electrons. The topological polar surface area (TPSA) is 80.1 Å². The minimum atomic E-state index is -0.736. The van der Waals surface area contributed by atoms with E-state index in [1.165, 1.54) is 15.8 Å². The second-order valence-electron chi connectivity index (χ2n) is 7.78. The monoisotopic (exact) mass is 405 g/mol. The van der Waals surface area contributed by atoms with Gasteiger partial charge in [-0.1, -0.05) is 36.4 Å². The fraction of sp³-hybridized carbons (Fsp3) is 0.273. The average Bonchev–Trinajstić information content (AvgIpc) is 3.47. The molecule has 1 aliphatic carbocycles. The third-order valence-electron chi connectivity index (χ3n) is 5.80. The normalized spacial score (nSPS) is 22.1. The summed E-state index contributed by atoms with van der Waals surface area (Å²) >= 11 is 0. The number of halogens is 1. The van der Waals surface area contributed by atoms with Crippen LogP contribution in [0.1, 0.15) is 34.0 Å². The van der Waals surface area contributed by atoms with Gasteiger partial charge in [0.25, 0.3) is 11.8 Å². The van der Waals surface area contributed by atoms with Gasteiger partial charge in [-0.15, -0.1) is 0 Å². The maximum atomic E-state index is 14.4. The molecule has 7 nitrogen and oxygen atoms in total. The van der Waals surface area contributed by atoms with E-state index < -0.39 is 17.8 Å². The lowest BCUT2D eigenvalue weighted by Gasteiger charge is -2.22. The number of likely N-dealkylation sites (N-methyl/N-ethyl adjacent to an activating group) is 1. The molecule has 2 amide bonds. The van der Waals surface area contributed by atoms with Crippen LogP contribution in [0.15, 0.2) is 54.9 Å². The number of nitrogens with zero attached hydrogens (tertiary/aromatic N) is 4. The first-order chi connectivity index (χ1) is 14.5. The molecular weight excluding hydrogens is 385 g/mol. The summed E-state index contributed by atoms with van der Waals surface area (Å²) in [6, 6.07) is 12.5. The molecule has 30 heavy (non-hydrogen) atoms. The Hall–Kier alpha value is -3.55. The van der Waals surface area contributed by atoms with E-state index in [0.717, 1.165) is 17.5 Å². The molecule has 0 spiro atoms. The van der Waals surface area contributed by atoms with Crippen molar-refractivity contribution in [2.24, 2.45) is 5.92 Å². The van der Waals surface area contributed by atoms with E-state index in [1.54, 1.807) is 13.2 Å². The Labute approximate surface area is 172 Å². The van der Waals surface area contributed by atoms with Crippen LogP contribution in [0.5, 0.6) is 0 Å². The molecule has 1 aromatic carbocycles. The van der Waals surface area contributed by atoms with Gasteiger partial charge in [0.05, 0.1) is 12.7 Å². The molecule has 1 N–H and O–H groups in total. The van der Waals surface area contributed by atoms with Crippen LogP contribution in [0, 0.1) is 11.7 Å². The van der Waals surface area contributed by atoms with Gasteiger partial charge in [0.1, 0.15) is 11.9 Å². The molecule has 0 bridgehead atoms.